The minimum atomic E-state index is -0.892. The molecule has 7 heteroatoms. The van der Waals surface area contributed by atoms with Crippen LogP contribution in [0.1, 0.15) is 29.5 Å². The van der Waals surface area contributed by atoms with Gasteiger partial charge in [-0.15, -0.1) is 0 Å². The van der Waals surface area contributed by atoms with Crippen LogP contribution in [-0.2, 0) is 19.2 Å². The van der Waals surface area contributed by atoms with Gasteiger partial charge in [0.1, 0.15) is 11.3 Å². The van der Waals surface area contributed by atoms with Crippen LogP contribution in [-0.4, -0.2) is 60.8 Å². The molecular formula is C19H26N2O5. The molecule has 0 aliphatic carbocycles. The van der Waals surface area contributed by atoms with Crippen LogP contribution in [0.5, 0.6) is 0 Å². The summed E-state index contributed by atoms with van der Waals surface area (Å²) in [6.45, 7) is 5.04. The van der Waals surface area contributed by atoms with Gasteiger partial charge in [0.05, 0.1) is 12.7 Å². The van der Waals surface area contributed by atoms with Crippen LogP contribution in [0.2, 0.25) is 0 Å². The number of amides is 1. The summed E-state index contributed by atoms with van der Waals surface area (Å²) in [5.41, 5.74) is 2.20. The maximum atomic E-state index is 13.2. The van der Waals surface area contributed by atoms with E-state index in [-0.39, 0.29) is 18.5 Å². The minimum absolute atomic E-state index is 0.0606. The summed E-state index contributed by atoms with van der Waals surface area (Å²) >= 11 is 0. The number of piperidine rings is 1. The first-order valence-corrected chi connectivity index (χ1v) is 8.71. The number of hydrogen-bond donors (Lipinski definition) is 1. The fourth-order valence-corrected chi connectivity index (χ4v) is 3.83. The number of benzene rings is 1. The van der Waals surface area contributed by atoms with Gasteiger partial charge in [0.15, 0.2) is 6.79 Å². The zero-order chi connectivity index (χ0) is 18.9. The molecule has 142 valence electrons. The number of hydrogen-bond acceptors (Lipinski definition) is 6. The third-order valence-corrected chi connectivity index (χ3v) is 5.22. The Bertz CT molecular complexity index is 723. The molecule has 0 unspecified atom stereocenters. The summed E-state index contributed by atoms with van der Waals surface area (Å²) in [4.78, 5) is 24.1. The largest absolute Gasteiger partial charge is 0.509 e. The summed E-state index contributed by atoms with van der Waals surface area (Å²) in [5.74, 6) is -0.265. The monoisotopic (exact) mass is 362 g/mol. The van der Waals surface area contributed by atoms with Crippen molar-refractivity contribution < 1.29 is 24.3 Å². The highest BCUT2D eigenvalue weighted by Crippen LogP contribution is 2.45. The average Bonchev–Trinajstić information content (AvgIpc) is 2.82. The maximum absolute atomic E-state index is 13.2. The van der Waals surface area contributed by atoms with Crippen molar-refractivity contribution in [2.45, 2.75) is 32.2 Å². The van der Waals surface area contributed by atoms with Gasteiger partial charge in [0.2, 0.25) is 0 Å². The standard InChI is InChI=1S/C19H26N2O5/c1-13-5-6-15(14(2)11-13)16-17(22)19(7-9-20(25-4)10-8-19)21(18(16)23)26-12-24-3/h5-6,11,22H,7-10,12H2,1-4H3. The zero-order valence-corrected chi connectivity index (χ0v) is 15.7. The van der Waals surface area contributed by atoms with Crippen molar-refractivity contribution in [3.8, 4) is 0 Å². The molecule has 0 bridgehead atoms. The van der Waals surface area contributed by atoms with E-state index in [2.05, 4.69) is 0 Å². The molecule has 2 heterocycles. The predicted molar refractivity (Wildman–Crippen MR) is 95.8 cm³/mol. The Kier molecular flexibility index (Phi) is 5.34. The highest BCUT2D eigenvalue weighted by molar-refractivity contribution is 6.23. The molecule has 1 aromatic rings. The van der Waals surface area contributed by atoms with Crippen LogP contribution in [0.15, 0.2) is 24.0 Å². The molecular weight excluding hydrogens is 336 g/mol. The molecule has 2 aliphatic heterocycles. The Balaban J connectivity index is 2.04. The van der Waals surface area contributed by atoms with Gasteiger partial charge in [0, 0.05) is 20.2 Å². The summed E-state index contributed by atoms with van der Waals surface area (Å²) < 4.78 is 4.99. The quantitative estimate of drug-likeness (QED) is 0.811. The number of hydroxylamine groups is 4. The van der Waals surface area contributed by atoms with E-state index in [0.29, 0.717) is 31.5 Å². The fraction of sp³-hybridized carbons (Fsp3) is 0.526. The summed E-state index contributed by atoms with van der Waals surface area (Å²) in [5, 5.41) is 14.3. The lowest BCUT2D eigenvalue weighted by Gasteiger charge is -2.42. The normalized spacial score (nSPS) is 20.5. The molecule has 1 amide bonds. The van der Waals surface area contributed by atoms with Crippen LogP contribution >= 0.6 is 0 Å². The number of methoxy groups -OCH3 is 1. The van der Waals surface area contributed by atoms with Gasteiger partial charge in [-0.1, -0.05) is 23.8 Å². The number of nitrogens with zero attached hydrogens (tertiary/aromatic N) is 2. The van der Waals surface area contributed by atoms with E-state index in [1.165, 1.54) is 12.2 Å². The van der Waals surface area contributed by atoms with Gasteiger partial charge >= 0.3 is 0 Å². The first kappa shape index (κ1) is 18.8. The van der Waals surface area contributed by atoms with Gasteiger partial charge in [-0.3, -0.25) is 4.79 Å². The molecule has 3 rings (SSSR count). The van der Waals surface area contributed by atoms with Crippen molar-refractivity contribution in [1.29, 1.82) is 0 Å². The Morgan fingerprint density at radius 2 is 1.88 bits per heavy atom. The smallest absolute Gasteiger partial charge is 0.282 e. The maximum Gasteiger partial charge on any atom is 0.282 e. The highest BCUT2D eigenvalue weighted by atomic mass is 16.8. The third-order valence-electron chi connectivity index (χ3n) is 5.22. The summed E-state index contributed by atoms with van der Waals surface area (Å²) in [6.07, 6.45) is 1.02. The van der Waals surface area contributed by atoms with Crippen molar-refractivity contribution in [2.24, 2.45) is 0 Å². The molecule has 1 saturated heterocycles. The van der Waals surface area contributed by atoms with E-state index >= 15 is 0 Å². The molecule has 0 aromatic heterocycles. The van der Waals surface area contributed by atoms with Gasteiger partial charge in [-0.05, 0) is 37.8 Å². The van der Waals surface area contributed by atoms with Crippen molar-refractivity contribution in [3.63, 3.8) is 0 Å². The minimum Gasteiger partial charge on any atom is -0.509 e. The molecule has 1 fully saturated rings. The number of carbonyl (C=O) groups excluding carboxylic acids is 1. The molecule has 26 heavy (non-hydrogen) atoms. The van der Waals surface area contributed by atoms with Gasteiger partial charge in [-0.25, -0.2) is 9.90 Å². The summed E-state index contributed by atoms with van der Waals surface area (Å²) in [6, 6.07) is 5.82. The van der Waals surface area contributed by atoms with Crippen molar-refractivity contribution in [3.05, 3.63) is 40.6 Å². The molecule has 7 nitrogen and oxygen atoms in total. The van der Waals surface area contributed by atoms with Gasteiger partial charge in [-0.2, -0.15) is 5.06 Å². The van der Waals surface area contributed by atoms with Crippen LogP contribution < -0.4 is 0 Å². The Hall–Kier alpha value is -1.93. The lowest BCUT2D eigenvalue weighted by atomic mass is 9.85. The average molecular weight is 362 g/mol. The second-order valence-corrected chi connectivity index (χ2v) is 6.82. The lowest BCUT2D eigenvalue weighted by Crippen LogP contribution is -2.55. The SMILES string of the molecule is COCON1C(=O)C(c2ccc(C)cc2C)=C(O)C12CCN(OC)CC2. The molecule has 1 aromatic carbocycles. The molecule has 0 radical (unpaired) electrons. The number of aliphatic hydroxyl groups excluding tert-OH is 1. The van der Waals surface area contributed by atoms with E-state index in [1.807, 2.05) is 37.1 Å². The first-order valence-electron chi connectivity index (χ1n) is 8.71. The van der Waals surface area contributed by atoms with Crippen LogP contribution in [0.3, 0.4) is 0 Å². The van der Waals surface area contributed by atoms with Gasteiger partial charge < -0.3 is 14.7 Å². The predicted octanol–water partition coefficient (Wildman–Crippen LogP) is 2.35. The van der Waals surface area contributed by atoms with Crippen LogP contribution in [0.25, 0.3) is 5.57 Å². The van der Waals surface area contributed by atoms with Crippen LogP contribution in [0.4, 0.5) is 0 Å². The zero-order valence-electron chi connectivity index (χ0n) is 15.7. The van der Waals surface area contributed by atoms with E-state index < -0.39 is 5.54 Å². The van der Waals surface area contributed by atoms with E-state index in [1.54, 1.807) is 7.11 Å². The Morgan fingerprint density at radius 1 is 1.19 bits per heavy atom. The number of aryl methyl sites for hydroxylation is 2. The van der Waals surface area contributed by atoms with Crippen molar-refractivity contribution in [1.82, 2.24) is 10.1 Å². The Labute approximate surface area is 153 Å². The lowest BCUT2D eigenvalue weighted by molar-refractivity contribution is -0.259. The number of carbonyl (C=O) groups is 1. The molecule has 0 atom stereocenters. The topological polar surface area (TPSA) is 71.5 Å². The van der Waals surface area contributed by atoms with Crippen molar-refractivity contribution >= 4 is 11.5 Å². The highest BCUT2D eigenvalue weighted by Gasteiger charge is 2.55. The Morgan fingerprint density at radius 3 is 2.46 bits per heavy atom. The molecule has 2 aliphatic rings. The van der Waals surface area contributed by atoms with Gasteiger partial charge in [0.25, 0.3) is 5.91 Å². The van der Waals surface area contributed by atoms with E-state index in [9.17, 15) is 9.90 Å². The molecule has 1 N–H and O–H groups in total. The second-order valence-electron chi connectivity index (χ2n) is 6.82. The fourth-order valence-electron chi connectivity index (χ4n) is 3.83. The van der Waals surface area contributed by atoms with Crippen LogP contribution in [0, 0.1) is 13.8 Å². The number of rotatable bonds is 5. The van der Waals surface area contributed by atoms with E-state index in [4.69, 9.17) is 14.4 Å². The van der Waals surface area contributed by atoms with Crippen molar-refractivity contribution in [2.75, 3.05) is 34.1 Å². The summed E-state index contributed by atoms with van der Waals surface area (Å²) in [7, 11) is 3.12. The number of aliphatic hydroxyl groups is 1. The third kappa shape index (κ3) is 3.01. The molecule has 0 saturated carbocycles. The number of ether oxygens (including phenoxy) is 1. The first-order chi connectivity index (χ1) is 12.4. The molecule has 1 spiro atoms. The second kappa shape index (κ2) is 7.36. The van der Waals surface area contributed by atoms with E-state index in [0.717, 1.165) is 16.7 Å².